The highest BCUT2D eigenvalue weighted by Crippen LogP contribution is 2.30. The Hall–Kier alpha value is -3.49. The molecule has 3 heterocycles. The molecule has 1 unspecified atom stereocenters. The largest absolute Gasteiger partial charge is 0.364 e. The molecule has 4 rings (SSSR count). The first-order valence-electron chi connectivity index (χ1n) is 9.63. The van der Waals surface area contributed by atoms with Crippen LogP contribution in [0, 0.1) is 0 Å². The summed E-state index contributed by atoms with van der Waals surface area (Å²) in [5, 5.41) is 7.30. The number of amides is 2. The Morgan fingerprint density at radius 2 is 2.07 bits per heavy atom. The van der Waals surface area contributed by atoms with Gasteiger partial charge >= 0.3 is 0 Å². The molecular formula is C20H22N6O3. The number of likely N-dealkylation sites (tertiary alicyclic amines) is 1. The average Bonchev–Trinajstić information content (AvgIpc) is 3.24. The number of para-hydroxylation sites is 1. The van der Waals surface area contributed by atoms with Gasteiger partial charge in [0, 0.05) is 19.5 Å². The third-order valence-electron chi connectivity index (χ3n) is 5.33. The van der Waals surface area contributed by atoms with Crippen molar-refractivity contribution < 1.29 is 9.59 Å². The fraction of sp³-hybridized carbons (Fsp3) is 0.350. The SMILES string of the molecule is NC(=O)c1cc(C2CCCCN2C(=O)CCn2cnc3ccccc3c2=O)[nH]n1. The van der Waals surface area contributed by atoms with Gasteiger partial charge in [-0.05, 0) is 37.5 Å². The summed E-state index contributed by atoms with van der Waals surface area (Å²) in [7, 11) is 0. The standard InChI is InChI=1S/C20H22N6O3/c21-19(28)16-11-15(23-24-16)17-7-3-4-9-26(17)18(27)8-10-25-12-22-14-6-2-1-5-13(14)20(25)29/h1-2,5-6,11-12,17H,3-4,7-10H2,(H2,21,28)(H,23,24). The number of aromatic nitrogens is 4. The second-order valence-electron chi connectivity index (χ2n) is 7.18. The molecule has 2 aromatic heterocycles. The molecule has 29 heavy (non-hydrogen) atoms. The Balaban J connectivity index is 1.50. The Kier molecular flexibility index (Phi) is 5.11. The van der Waals surface area contributed by atoms with Crippen LogP contribution >= 0.6 is 0 Å². The van der Waals surface area contributed by atoms with E-state index in [0.29, 0.717) is 23.1 Å². The third kappa shape index (κ3) is 3.75. The molecule has 1 aromatic carbocycles. The number of H-pyrrole nitrogens is 1. The van der Waals surface area contributed by atoms with Crippen LogP contribution in [0.4, 0.5) is 0 Å². The molecule has 150 valence electrons. The summed E-state index contributed by atoms with van der Waals surface area (Å²) in [4.78, 5) is 43.0. The van der Waals surface area contributed by atoms with Gasteiger partial charge in [0.2, 0.25) is 5.91 Å². The molecular weight excluding hydrogens is 372 g/mol. The number of aromatic amines is 1. The zero-order valence-corrected chi connectivity index (χ0v) is 15.9. The van der Waals surface area contributed by atoms with Crippen LogP contribution in [-0.4, -0.2) is 43.0 Å². The predicted molar refractivity (Wildman–Crippen MR) is 106 cm³/mol. The maximum atomic E-state index is 12.9. The van der Waals surface area contributed by atoms with E-state index in [4.69, 9.17) is 5.73 Å². The summed E-state index contributed by atoms with van der Waals surface area (Å²) in [5.41, 5.74) is 6.63. The number of primary amides is 1. The monoisotopic (exact) mass is 394 g/mol. The highest BCUT2D eigenvalue weighted by atomic mass is 16.2. The van der Waals surface area contributed by atoms with Gasteiger partial charge in [-0.2, -0.15) is 5.10 Å². The summed E-state index contributed by atoms with van der Waals surface area (Å²) in [6, 6.07) is 8.58. The number of nitrogens with zero attached hydrogens (tertiary/aromatic N) is 4. The van der Waals surface area contributed by atoms with Crippen LogP contribution in [0.5, 0.6) is 0 Å². The van der Waals surface area contributed by atoms with Gasteiger partial charge in [-0.15, -0.1) is 0 Å². The number of nitrogens with two attached hydrogens (primary N) is 1. The van der Waals surface area contributed by atoms with E-state index < -0.39 is 5.91 Å². The average molecular weight is 394 g/mol. The van der Waals surface area contributed by atoms with Crippen LogP contribution in [0.2, 0.25) is 0 Å². The van der Waals surface area contributed by atoms with Crippen molar-refractivity contribution in [2.75, 3.05) is 6.54 Å². The Morgan fingerprint density at radius 3 is 2.86 bits per heavy atom. The summed E-state index contributed by atoms with van der Waals surface area (Å²) in [6.07, 6.45) is 4.35. The number of hydrogen-bond donors (Lipinski definition) is 2. The Morgan fingerprint density at radius 1 is 1.24 bits per heavy atom. The maximum absolute atomic E-state index is 12.9. The molecule has 3 N–H and O–H groups in total. The molecule has 0 aliphatic carbocycles. The van der Waals surface area contributed by atoms with Gasteiger partial charge in [-0.3, -0.25) is 24.0 Å². The zero-order chi connectivity index (χ0) is 20.4. The van der Waals surface area contributed by atoms with Gasteiger partial charge in [0.15, 0.2) is 0 Å². The number of benzene rings is 1. The predicted octanol–water partition coefficient (Wildman–Crippen LogP) is 1.36. The first kappa shape index (κ1) is 18.9. The molecule has 1 atom stereocenters. The number of fused-ring (bicyclic) bond motifs is 1. The fourth-order valence-corrected chi connectivity index (χ4v) is 3.81. The van der Waals surface area contributed by atoms with Crippen molar-refractivity contribution in [3.05, 3.63) is 58.4 Å². The topological polar surface area (TPSA) is 127 Å². The van der Waals surface area contributed by atoms with Crippen molar-refractivity contribution in [3.8, 4) is 0 Å². The molecule has 2 amide bonds. The van der Waals surface area contributed by atoms with E-state index in [0.717, 1.165) is 19.3 Å². The lowest BCUT2D eigenvalue weighted by molar-refractivity contribution is -0.135. The van der Waals surface area contributed by atoms with Crippen LogP contribution < -0.4 is 11.3 Å². The van der Waals surface area contributed by atoms with Gasteiger partial charge in [0.1, 0.15) is 5.69 Å². The van der Waals surface area contributed by atoms with Gasteiger partial charge in [0.25, 0.3) is 11.5 Å². The van der Waals surface area contributed by atoms with Crippen molar-refractivity contribution in [3.63, 3.8) is 0 Å². The van der Waals surface area contributed by atoms with Crippen LogP contribution in [0.1, 0.15) is 47.9 Å². The van der Waals surface area contributed by atoms with E-state index in [-0.39, 0.29) is 36.2 Å². The third-order valence-corrected chi connectivity index (χ3v) is 5.33. The number of aryl methyl sites for hydroxylation is 1. The molecule has 1 saturated heterocycles. The van der Waals surface area contributed by atoms with Crippen molar-refractivity contribution in [2.45, 2.75) is 38.3 Å². The number of carbonyl (C=O) groups excluding carboxylic acids is 2. The normalized spacial score (nSPS) is 16.8. The smallest absolute Gasteiger partial charge is 0.269 e. The zero-order valence-electron chi connectivity index (χ0n) is 15.9. The molecule has 1 fully saturated rings. The van der Waals surface area contributed by atoms with E-state index in [1.165, 1.54) is 10.9 Å². The van der Waals surface area contributed by atoms with E-state index in [1.807, 2.05) is 6.07 Å². The van der Waals surface area contributed by atoms with Crippen LogP contribution in [0.25, 0.3) is 10.9 Å². The minimum atomic E-state index is -0.607. The Bertz CT molecular complexity index is 1120. The van der Waals surface area contributed by atoms with Crippen molar-refractivity contribution in [1.29, 1.82) is 0 Å². The summed E-state index contributed by atoms with van der Waals surface area (Å²) in [6.45, 7) is 0.882. The molecule has 0 saturated carbocycles. The van der Waals surface area contributed by atoms with Crippen LogP contribution in [0.15, 0.2) is 41.5 Å². The highest BCUT2D eigenvalue weighted by molar-refractivity contribution is 5.90. The number of piperidine rings is 1. The van der Waals surface area contributed by atoms with E-state index >= 15 is 0 Å². The minimum absolute atomic E-state index is 0.0509. The number of hydrogen-bond acceptors (Lipinski definition) is 5. The second-order valence-corrected chi connectivity index (χ2v) is 7.18. The molecule has 0 bridgehead atoms. The van der Waals surface area contributed by atoms with Crippen LogP contribution in [-0.2, 0) is 11.3 Å². The van der Waals surface area contributed by atoms with Crippen LogP contribution in [0.3, 0.4) is 0 Å². The molecule has 0 radical (unpaired) electrons. The summed E-state index contributed by atoms with van der Waals surface area (Å²) in [5.74, 6) is -0.658. The molecule has 3 aromatic rings. The lowest BCUT2D eigenvalue weighted by Crippen LogP contribution is -2.39. The van der Waals surface area contributed by atoms with Crippen molar-refractivity contribution in [1.82, 2.24) is 24.6 Å². The highest BCUT2D eigenvalue weighted by Gasteiger charge is 2.29. The Labute approximate surface area is 166 Å². The molecule has 1 aliphatic heterocycles. The van der Waals surface area contributed by atoms with Crippen molar-refractivity contribution in [2.24, 2.45) is 5.73 Å². The van der Waals surface area contributed by atoms with E-state index in [9.17, 15) is 14.4 Å². The minimum Gasteiger partial charge on any atom is -0.364 e. The van der Waals surface area contributed by atoms with E-state index in [1.54, 1.807) is 29.2 Å². The van der Waals surface area contributed by atoms with Gasteiger partial charge in [-0.1, -0.05) is 12.1 Å². The first-order valence-corrected chi connectivity index (χ1v) is 9.63. The lowest BCUT2D eigenvalue weighted by Gasteiger charge is -2.35. The molecule has 0 spiro atoms. The van der Waals surface area contributed by atoms with E-state index in [2.05, 4.69) is 15.2 Å². The van der Waals surface area contributed by atoms with Gasteiger partial charge in [0.05, 0.1) is 29.0 Å². The molecule has 9 heteroatoms. The summed E-state index contributed by atoms with van der Waals surface area (Å²) < 4.78 is 1.47. The molecule has 9 nitrogen and oxygen atoms in total. The second kappa shape index (κ2) is 7.86. The first-order chi connectivity index (χ1) is 14.0. The van der Waals surface area contributed by atoms with Gasteiger partial charge in [-0.25, -0.2) is 4.98 Å². The fourth-order valence-electron chi connectivity index (χ4n) is 3.81. The lowest BCUT2D eigenvalue weighted by atomic mass is 9.98. The quantitative estimate of drug-likeness (QED) is 0.675. The number of carbonyl (C=O) groups is 2. The van der Waals surface area contributed by atoms with Gasteiger partial charge < -0.3 is 10.6 Å². The molecule has 1 aliphatic rings. The number of rotatable bonds is 5. The maximum Gasteiger partial charge on any atom is 0.269 e. The summed E-state index contributed by atoms with van der Waals surface area (Å²) >= 11 is 0. The van der Waals surface area contributed by atoms with Crippen molar-refractivity contribution >= 4 is 22.7 Å². The number of nitrogens with one attached hydrogen (secondary N) is 1.